The molecule has 5 N–H and O–H groups in total. The highest BCUT2D eigenvalue weighted by Crippen LogP contribution is 2.20. The first-order chi connectivity index (χ1) is 12.9. The third-order valence-electron chi connectivity index (χ3n) is 4.33. The summed E-state index contributed by atoms with van der Waals surface area (Å²) in [6.45, 7) is 4.25. The van der Waals surface area contributed by atoms with E-state index in [2.05, 4.69) is 16.0 Å². The Hall–Kier alpha value is -2.28. The van der Waals surface area contributed by atoms with Crippen LogP contribution in [0.25, 0.3) is 0 Å². The molecule has 3 amide bonds. The van der Waals surface area contributed by atoms with Crippen molar-refractivity contribution < 1.29 is 9.59 Å². The molecule has 152 valence electrons. The van der Waals surface area contributed by atoms with Crippen molar-refractivity contribution >= 4 is 47.3 Å². The molecule has 2 atom stereocenters. The van der Waals surface area contributed by atoms with Crippen LogP contribution in [-0.2, 0) is 11.3 Å². The molecule has 0 aromatic heterocycles. The molecule has 0 aliphatic carbocycles. The fourth-order valence-electron chi connectivity index (χ4n) is 2.41. The Balaban J connectivity index is 0.00000392. The Morgan fingerprint density at radius 1 is 1.11 bits per heavy atom. The minimum Gasteiger partial charge on any atom is -0.334 e. The van der Waals surface area contributed by atoms with Crippen molar-refractivity contribution in [3.05, 3.63) is 59.1 Å². The minimum atomic E-state index is -0.557. The van der Waals surface area contributed by atoms with Gasteiger partial charge in [-0.3, -0.25) is 4.79 Å². The van der Waals surface area contributed by atoms with Crippen LogP contribution in [0, 0.1) is 5.92 Å². The van der Waals surface area contributed by atoms with Gasteiger partial charge in [-0.05, 0) is 35.7 Å². The zero-order valence-corrected chi connectivity index (χ0v) is 17.4. The van der Waals surface area contributed by atoms with Gasteiger partial charge in [0.2, 0.25) is 5.91 Å². The lowest BCUT2D eigenvalue weighted by Gasteiger charge is -2.18. The number of halogens is 2. The van der Waals surface area contributed by atoms with Crippen LogP contribution in [0.2, 0.25) is 5.02 Å². The number of carbonyl (C=O) groups is 2. The number of benzene rings is 2. The second kappa shape index (κ2) is 11.5. The van der Waals surface area contributed by atoms with E-state index in [1.165, 1.54) is 0 Å². The van der Waals surface area contributed by atoms with Crippen LogP contribution in [0.5, 0.6) is 0 Å². The number of hydrogen-bond acceptors (Lipinski definition) is 3. The third kappa shape index (κ3) is 7.03. The van der Waals surface area contributed by atoms with E-state index in [0.717, 1.165) is 12.0 Å². The van der Waals surface area contributed by atoms with Crippen LogP contribution in [-0.4, -0.2) is 18.0 Å². The molecule has 2 aromatic rings. The number of rotatable bonds is 7. The Morgan fingerprint density at radius 3 is 2.50 bits per heavy atom. The lowest BCUT2D eigenvalue weighted by Crippen LogP contribution is -2.40. The number of amides is 3. The van der Waals surface area contributed by atoms with E-state index < -0.39 is 6.04 Å². The predicted octanol–water partition coefficient (Wildman–Crippen LogP) is 4.40. The summed E-state index contributed by atoms with van der Waals surface area (Å²) in [5.74, 6) is -0.116. The second-order valence-corrected chi connectivity index (χ2v) is 6.80. The number of urea groups is 1. The number of hydrogen-bond donors (Lipinski definition) is 4. The first kappa shape index (κ1) is 23.8. The van der Waals surface area contributed by atoms with Crippen LogP contribution < -0.4 is 21.7 Å². The Bertz CT molecular complexity index is 801. The third-order valence-corrected chi connectivity index (χ3v) is 4.66. The second-order valence-electron chi connectivity index (χ2n) is 6.39. The van der Waals surface area contributed by atoms with E-state index >= 15 is 0 Å². The lowest BCUT2D eigenvalue weighted by molar-refractivity contribution is -0.118. The van der Waals surface area contributed by atoms with Gasteiger partial charge in [-0.25, -0.2) is 4.79 Å². The van der Waals surface area contributed by atoms with Crippen molar-refractivity contribution in [2.75, 3.05) is 10.6 Å². The van der Waals surface area contributed by atoms with Gasteiger partial charge in [-0.1, -0.05) is 56.1 Å². The predicted molar refractivity (Wildman–Crippen MR) is 117 cm³/mol. The summed E-state index contributed by atoms with van der Waals surface area (Å²) < 4.78 is 0. The molecule has 0 fully saturated rings. The SMILES string of the molecule is CCC(C)C(N)C(=O)Nc1cccc(CNC(=O)Nc2ccccc2Cl)c1.Cl. The van der Waals surface area contributed by atoms with Crippen molar-refractivity contribution in [1.29, 1.82) is 0 Å². The molecule has 2 aromatic carbocycles. The summed E-state index contributed by atoms with van der Waals surface area (Å²) in [5, 5.41) is 8.74. The maximum absolute atomic E-state index is 12.2. The van der Waals surface area contributed by atoms with Crippen LogP contribution in [0.3, 0.4) is 0 Å². The van der Waals surface area contributed by atoms with E-state index in [-0.39, 0.29) is 30.3 Å². The highest BCUT2D eigenvalue weighted by Gasteiger charge is 2.19. The van der Waals surface area contributed by atoms with Gasteiger partial charge in [0.1, 0.15) is 0 Å². The molecule has 2 unspecified atom stereocenters. The van der Waals surface area contributed by atoms with Crippen LogP contribution in [0.15, 0.2) is 48.5 Å². The molecule has 0 radical (unpaired) electrons. The number of nitrogens with two attached hydrogens (primary N) is 1. The molecular weight excluding hydrogens is 399 g/mol. The summed E-state index contributed by atoms with van der Waals surface area (Å²) >= 11 is 6.02. The van der Waals surface area contributed by atoms with Gasteiger partial charge in [0.15, 0.2) is 0 Å². The average Bonchev–Trinajstić information content (AvgIpc) is 2.67. The molecule has 6 nitrogen and oxygen atoms in total. The van der Waals surface area contributed by atoms with Gasteiger partial charge < -0.3 is 21.7 Å². The van der Waals surface area contributed by atoms with Gasteiger partial charge in [0, 0.05) is 12.2 Å². The topological polar surface area (TPSA) is 96.2 Å². The number of anilines is 2. The largest absolute Gasteiger partial charge is 0.334 e. The summed E-state index contributed by atoms with van der Waals surface area (Å²) in [5.41, 5.74) is 7.98. The highest BCUT2D eigenvalue weighted by molar-refractivity contribution is 6.33. The first-order valence-corrected chi connectivity index (χ1v) is 9.23. The van der Waals surface area contributed by atoms with Crippen molar-refractivity contribution in [2.24, 2.45) is 11.7 Å². The Kier molecular flexibility index (Phi) is 9.79. The average molecular weight is 425 g/mol. The molecule has 0 aliphatic heterocycles. The molecule has 0 bridgehead atoms. The molecule has 0 aliphatic rings. The van der Waals surface area contributed by atoms with Gasteiger partial charge in [-0.2, -0.15) is 0 Å². The zero-order chi connectivity index (χ0) is 19.8. The molecule has 0 saturated heterocycles. The van der Waals surface area contributed by atoms with Crippen LogP contribution in [0.1, 0.15) is 25.8 Å². The Labute approximate surface area is 176 Å². The van der Waals surface area contributed by atoms with E-state index in [9.17, 15) is 9.59 Å². The van der Waals surface area contributed by atoms with Gasteiger partial charge in [0.05, 0.1) is 16.8 Å². The van der Waals surface area contributed by atoms with E-state index in [1.807, 2.05) is 26.0 Å². The molecule has 8 heteroatoms. The van der Waals surface area contributed by atoms with E-state index in [0.29, 0.717) is 22.9 Å². The smallest absolute Gasteiger partial charge is 0.319 e. The standard InChI is InChI=1S/C20H25ClN4O2.ClH/c1-3-13(2)18(22)19(26)24-15-8-6-7-14(11-15)12-23-20(27)25-17-10-5-4-9-16(17)21;/h4-11,13,18H,3,12,22H2,1-2H3,(H,24,26)(H2,23,25,27);1H. The zero-order valence-electron chi connectivity index (χ0n) is 15.9. The molecule has 0 spiro atoms. The van der Waals surface area contributed by atoms with Gasteiger partial charge in [-0.15, -0.1) is 12.4 Å². The maximum atomic E-state index is 12.2. The number of para-hydroxylation sites is 1. The van der Waals surface area contributed by atoms with Crippen molar-refractivity contribution in [1.82, 2.24) is 5.32 Å². The molecule has 28 heavy (non-hydrogen) atoms. The van der Waals surface area contributed by atoms with Crippen molar-refractivity contribution in [3.8, 4) is 0 Å². The van der Waals surface area contributed by atoms with Crippen LogP contribution >= 0.6 is 24.0 Å². The molecule has 2 rings (SSSR count). The summed E-state index contributed by atoms with van der Waals surface area (Å²) in [6.07, 6.45) is 0.832. The number of nitrogens with one attached hydrogen (secondary N) is 3. The Morgan fingerprint density at radius 2 is 1.82 bits per heavy atom. The molecular formula is C20H26Cl2N4O2. The number of carbonyl (C=O) groups excluding carboxylic acids is 2. The first-order valence-electron chi connectivity index (χ1n) is 8.85. The molecule has 0 saturated carbocycles. The summed E-state index contributed by atoms with van der Waals surface area (Å²) in [4.78, 5) is 24.2. The monoisotopic (exact) mass is 424 g/mol. The summed E-state index contributed by atoms with van der Waals surface area (Å²) in [6, 6.07) is 13.3. The van der Waals surface area contributed by atoms with E-state index in [1.54, 1.807) is 36.4 Å². The van der Waals surface area contributed by atoms with Gasteiger partial charge in [0.25, 0.3) is 0 Å². The molecule has 0 heterocycles. The van der Waals surface area contributed by atoms with E-state index in [4.69, 9.17) is 17.3 Å². The maximum Gasteiger partial charge on any atom is 0.319 e. The highest BCUT2D eigenvalue weighted by atomic mass is 35.5. The normalized spacial score (nSPS) is 12.3. The van der Waals surface area contributed by atoms with Gasteiger partial charge >= 0.3 is 6.03 Å². The fourth-order valence-corrected chi connectivity index (χ4v) is 2.59. The van der Waals surface area contributed by atoms with Crippen molar-refractivity contribution in [2.45, 2.75) is 32.9 Å². The van der Waals surface area contributed by atoms with Crippen LogP contribution in [0.4, 0.5) is 16.2 Å². The minimum absolute atomic E-state index is 0. The lowest BCUT2D eigenvalue weighted by atomic mass is 9.99. The fraction of sp³-hybridized carbons (Fsp3) is 0.300. The summed E-state index contributed by atoms with van der Waals surface area (Å²) in [7, 11) is 0. The van der Waals surface area contributed by atoms with Crippen molar-refractivity contribution in [3.63, 3.8) is 0 Å². The quantitative estimate of drug-likeness (QED) is 0.530.